The molecule has 0 saturated carbocycles. The van der Waals surface area contributed by atoms with E-state index in [0.29, 0.717) is 30.5 Å². The minimum absolute atomic E-state index is 0.0390. The molecule has 0 bridgehead atoms. The highest BCUT2D eigenvalue weighted by molar-refractivity contribution is 5.69. The van der Waals surface area contributed by atoms with Crippen molar-refractivity contribution in [2.45, 2.75) is 12.5 Å². The number of ether oxygens (including phenoxy) is 2. The van der Waals surface area contributed by atoms with Crippen molar-refractivity contribution in [3.8, 4) is 17.0 Å². The van der Waals surface area contributed by atoms with Crippen LogP contribution in [0.15, 0.2) is 54.7 Å². The number of anilines is 4. The molecule has 34 heavy (non-hydrogen) atoms. The van der Waals surface area contributed by atoms with Gasteiger partial charge in [0, 0.05) is 49.2 Å². The lowest BCUT2D eigenvalue weighted by Gasteiger charge is -2.28. The summed E-state index contributed by atoms with van der Waals surface area (Å²) in [6.45, 7) is 4.62. The van der Waals surface area contributed by atoms with Gasteiger partial charge in [-0.1, -0.05) is 0 Å². The van der Waals surface area contributed by atoms with Crippen molar-refractivity contribution in [3.05, 3.63) is 54.7 Å². The summed E-state index contributed by atoms with van der Waals surface area (Å²) in [6.07, 6.45) is 3.34. The first-order valence-electron chi connectivity index (χ1n) is 11.5. The number of likely N-dealkylation sites (tertiary alicyclic amines) is 1. The normalized spacial score (nSPS) is 18.1. The minimum atomic E-state index is -0.0390. The Balaban J connectivity index is 1.25. The van der Waals surface area contributed by atoms with Gasteiger partial charge in [0.05, 0.1) is 31.1 Å². The van der Waals surface area contributed by atoms with Gasteiger partial charge < -0.3 is 30.3 Å². The van der Waals surface area contributed by atoms with E-state index in [4.69, 9.17) is 15.2 Å². The van der Waals surface area contributed by atoms with Crippen molar-refractivity contribution in [2.24, 2.45) is 0 Å². The summed E-state index contributed by atoms with van der Waals surface area (Å²) in [6, 6.07) is 15.7. The highest BCUT2D eigenvalue weighted by Gasteiger charge is 2.23. The molecule has 3 aromatic rings. The Morgan fingerprint density at radius 2 is 1.91 bits per heavy atom. The van der Waals surface area contributed by atoms with Gasteiger partial charge in [-0.2, -0.15) is 0 Å². The third-order valence-corrected chi connectivity index (χ3v) is 6.08. The number of hydrogen-bond acceptors (Lipinski definition) is 8. The monoisotopic (exact) mass is 460 g/mol. The molecule has 2 aromatic carbocycles. The fourth-order valence-corrected chi connectivity index (χ4v) is 4.23. The third kappa shape index (κ3) is 5.04. The first kappa shape index (κ1) is 22.0. The van der Waals surface area contributed by atoms with Crippen LogP contribution in [-0.4, -0.2) is 66.8 Å². The molecule has 1 unspecified atom stereocenters. The molecule has 1 amide bonds. The van der Waals surface area contributed by atoms with Gasteiger partial charge in [-0.3, -0.25) is 4.79 Å². The molecule has 176 valence electrons. The second-order valence-electron chi connectivity index (χ2n) is 8.42. The Labute approximate surface area is 198 Å². The van der Waals surface area contributed by atoms with E-state index in [0.717, 1.165) is 56.1 Å². The number of nitrogen functional groups attached to an aromatic ring is 1. The summed E-state index contributed by atoms with van der Waals surface area (Å²) in [5.41, 5.74) is 10.5. The predicted octanol–water partition coefficient (Wildman–Crippen LogP) is 2.92. The largest absolute Gasteiger partial charge is 0.486 e. The molecule has 3 heterocycles. The number of rotatable bonds is 7. The SMILES string of the molecule is Nc1cc(-c2ccnc(Nc3ccc(N4CCOCC4)cc3)n2)ccc1OC1CCN(C=O)C1. The molecule has 3 N–H and O–H groups in total. The molecule has 2 saturated heterocycles. The van der Waals surface area contributed by atoms with Crippen LogP contribution >= 0.6 is 0 Å². The zero-order valence-electron chi connectivity index (χ0n) is 18.9. The fourth-order valence-electron chi connectivity index (χ4n) is 4.23. The van der Waals surface area contributed by atoms with Gasteiger partial charge in [0.2, 0.25) is 12.4 Å². The number of hydrogen-bond donors (Lipinski definition) is 2. The number of amides is 1. The van der Waals surface area contributed by atoms with Crippen LogP contribution < -0.4 is 20.7 Å². The molecule has 1 aromatic heterocycles. The van der Waals surface area contributed by atoms with Crippen molar-refractivity contribution in [1.82, 2.24) is 14.9 Å². The zero-order valence-corrected chi connectivity index (χ0v) is 18.9. The van der Waals surface area contributed by atoms with E-state index in [-0.39, 0.29) is 6.10 Å². The van der Waals surface area contributed by atoms with E-state index >= 15 is 0 Å². The number of morpholine rings is 1. The first-order valence-corrected chi connectivity index (χ1v) is 11.5. The summed E-state index contributed by atoms with van der Waals surface area (Å²) >= 11 is 0. The average Bonchev–Trinajstić information content (AvgIpc) is 3.34. The van der Waals surface area contributed by atoms with Crippen LogP contribution in [-0.2, 0) is 9.53 Å². The second kappa shape index (κ2) is 9.96. The Morgan fingerprint density at radius 1 is 1.09 bits per heavy atom. The van der Waals surface area contributed by atoms with Crippen LogP contribution in [0, 0.1) is 0 Å². The standard InChI is InChI=1S/C25H28N6O3/c26-22-15-18(1-6-24(22)34-21-8-10-30(16-21)17-32)23-7-9-27-25(29-23)28-19-2-4-20(5-3-19)31-11-13-33-14-12-31/h1-7,9,15,17,21H,8,10-14,16,26H2,(H,27,28,29). The van der Waals surface area contributed by atoms with Crippen LogP contribution in [0.1, 0.15) is 6.42 Å². The smallest absolute Gasteiger partial charge is 0.227 e. The van der Waals surface area contributed by atoms with Crippen molar-refractivity contribution < 1.29 is 14.3 Å². The maximum atomic E-state index is 10.9. The van der Waals surface area contributed by atoms with E-state index in [1.807, 2.05) is 36.4 Å². The topological polar surface area (TPSA) is 106 Å². The first-order chi connectivity index (χ1) is 16.7. The van der Waals surface area contributed by atoms with Gasteiger partial charge in [0.1, 0.15) is 11.9 Å². The molecule has 5 rings (SSSR count). The maximum absolute atomic E-state index is 10.9. The Morgan fingerprint density at radius 3 is 2.65 bits per heavy atom. The summed E-state index contributed by atoms with van der Waals surface area (Å²) in [4.78, 5) is 24.0. The maximum Gasteiger partial charge on any atom is 0.227 e. The number of nitrogens with zero attached hydrogens (tertiary/aromatic N) is 4. The Hall–Kier alpha value is -3.85. The molecule has 2 fully saturated rings. The van der Waals surface area contributed by atoms with Crippen LogP contribution in [0.25, 0.3) is 11.3 Å². The van der Waals surface area contributed by atoms with E-state index in [1.165, 1.54) is 5.69 Å². The number of carbonyl (C=O) groups is 1. The lowest BCUT2D eigenvalue weighted by molar-refractivity contribution is -0.117. The van der Waals surface area contributed by atoms with E-state index in [1.54, 1.807) is 11.1 Å². The third-order valence-electron chi connectivity index (χ3n) is 6.08. The molecular formula is C25H28N6O3. The number of benzene rings is 2. The van der Waals surface area contributed by atoms with Crippen molar-refractivity contribution >= 4 is 29.4 Å². The molecule has 0 spiro atoms. The van der Waals surface area contributed by atoms with E-state index in [9.17, 15) is 4.79 Å². The number of nitrogens with one attached hydrogen (secondary N) is 1. The summed E-state index contributed by atoms with van der Waals surface area (Å²) in [5.74, 6) is 1.13. The van der Waals surface area contributed by atoms with Gasteiger partial charge in [-0.15, -0.1) is 0 Å². The molecule has 0 aliphatic carbocycles. The van der Waals surface area contributed by atoms with E-state index < -0.39 is 0 Å². The number of aromatic nitrogens is 2. The van der Waals surface area contributed by atoms with Gasteiger partial charge in [0.15, 0.2) is 0 Å². The lowest BCUT2D eigenvalue weighted by atomic mass is 10.1. The van der Waals surface area contributed by atoms with Crippen LogP contribution in [0.5, 0.6) is 5.75 Å². The van der Waals surface area contributed by atoms with Gasteiger partial charge in [0.25, 0.3) is 0 Å². The average molecular weight is 461 g/mol. The van der Waals surface area contributed by atoms with Gasteiger partial charge in [-0.05, 0) is 48.5 Å². The molecule has 9 heteroatoms. The fraction of sp³-hybridized carbons (Fsp3) is 0.320. The highest BCUT2D eigenvalue weighted by Crippen LogP contribution is 2.30. The zero-order chi connectivity index (χ0) is 23.3. The molecule has 9 nitrogen and oxygen atoms in total. The highest BCUT2D eigenvalue weighted by atomic mass is 16.5. The van der Waals surface area contributed by atoms with Crippen LogP contribution in [0.3, 0.4) is 0 Å². The van der Waals surface area contributed by atoms with Crippen LogP contribution in [0.2, 0.25) is 0 Å². The summed E-state index contributed by atoms with van der Waals surface area (Å²) < 4.78 is 11.4. The summed E-state index contributed by atoms with van der Waals surface area (Å²) in [5, 5.41) is 3.27. The Bertz CT molecular complexity index is 1130. The summed E-state index contributed by atoms with van der Waals surface area (Å²) in [7, 11) is 0. The van der Waals surface area contributed by atoms with E-state index in [2.05, 4.69) is 32.3 Å². The molecule has 2 aliphatic rings. The minimum Gasteiger partial charge on any atom is -0.486 e. The lowest BCUT2D eigenvalue weighted by Crippen LogP contribution is -2.36. The molecular weight excluding hydrogens is 432 g/mol. The molecule has 2 aliphatic heterocycles. The number of carbonyl (C=O) groups excluding carboxylic acids is 1. The number of nitrogens with two attached hydrogens (primary N) is 1. The van der Waals surface area contributed by atoms with Gasteiger partial charge >= 0.3 is 0 Å². The molecule has 1 atom stereocenters. The van der Waals surface area contributed by atoms with Crippen LogP contribution in [0.4, 0.5) is 23.0 Å². The second-order valence-corrected chi connectivity index (χ2v) is 8.42. The van der Waals surface area contributed by atoms with Crippen molar-refractivity contribution in [1.29, 1.82) is 0 Å². The Kier molecular flexibility index (Phi) is 6.44. The van der Waals surface area contributed by atoms with Crippen molar-refractivity contribution in [3.63, 3.8) is 0 Å². The predicted molar refractivity (Wildman–Crippen MR) is 131 cm³/mol. The van der Waals surface area contributed by atoms with Gasteiger partial charge in [-0.25, -0.2) is 9.97 Å². The molecule has 0 radical (unpaired) electrons. The van der Waals surface area contributed by atoms with Crippen molar-refractivity contribution in [2.75, 3.05) is 55.3 Å². The quantitative estimate of drug-likeness (QED) is 0.410.